The van der Waals surface area contributed by atoms with Crippen LogP contribution in [-0.4, -0.2) is 10.9 Å². The average molecular weight is 286 g/mol. The Bertz CT molecular complexity index is 623. The molecule has 2 aromatic rings. The van der Waals surface area contributed by atoms with E-state index in [2.05, 4.69) is 30.2 Å². The van der Waals surface area contributed by atoms with E-state index in [1.54, 1.807) is 0 Å². The van der Waals surface area contributed by atoms with Crippen LogP contribution in [0.3, 0.4) is 0 Å². The third-order valence-electron chi connectivity index (χ3n) is 3.41. The van der Waals surface area contributed by atoms with E-state index < -0.39 is 5.82 Å². The number of hydrogen-bond donors (Lipinski definition) is 1. The normalized spacial score (nSPS) is 10.4. The molecule has 0 aliphatic carbocycles. The molecule has 0 aliphatic heterocycles. The number of rotatable bonds is 5. The fourth-order valence-electron chi connectivity index (χ4n) is 2.37. The van der Waals surface area contributed by atoms with E-state index in [0.717, 1.165) is 24.7 Å². The van der Waals surface area contributed by atoms with Crippen LogP contribution >= 0.6 is 0 Å². The first kappa shape index (κ1) is 15.2. The summed E-state index contributed by atoms with van der Waals surface area (Å²) in [5.74, 6) is -0.542. The van der Waals surface area contributed by atoms with Crippen molar-refractivity contribution in [1.29, 1.82) is 0 Å². The first-order chi connectivity index (χ1) is 10.1. The van der Waals surface area contributed by atoms with E-state index >= 15 is 0 Å². The van der Waals surface area contributed by atoms with Crippen LogP contribution in [0.1, 0.15) is 30.7 Å². The quantitative estimate of drug-likeness (QED) is 0.913. The van der Waals surface area contributed by atoms with Crippen molar-refractivity contribution in [2.24, 2.45) is 0 Å². The molecular weight excluding hydrogens is 267 g/mol. The summed E-state index contributed by atoms with van der Waals surface area (Å²) in [7, 11) is 0. The van der Waals surface area contributed by atoms with E-state index in [4.69, 9.17) is 0 Å². The highest BCUT2D eigenvalue weighted by Crippen LogP contribution is 2.21. The van der Waals surface area contributed by atoms with Gasteiger partial charge >= 0.3 is 0 Å². The van der Waals surface area contributed by atoms with Gasteiger partial charge in [0.1, 0.15) is 5.82 Å². The van der Waals surface area contributed by atoms with E-state index in [1.807, 2.05) is 12.1 Å². The van der Waals surface area contributed by atoms with Crippen LogP contribution in [0.25, 0.3) is 0 Å². The SMILES string of the molecule is CCc1cccc(NC(=O)Cc2ccc(F)cn2)c1CC. The van der Waals surface area contributed by atoms with Crippen molar-refractivity contribution >= 4 is 11.6 Å². The van der Waals surface area contributed by atoms with Crippen LogP contribution in [0.5, 0.6) is 0 Å². The molecule has 1 aromatic carbocycles. The fraction of sp³-hybridized carbons (Fsp3) is 0.294. The largest absolute Gasteiger partial charge is 0.325 e. The van der Waals surface area contributed by atoms with Crippen LogP contribution < -0.4 is 5.32 Å². The van der Waals surface area contributed by atoms with Gasteiger partial charge in [-0.15, -0.1) is 0 Å². The molecule has 0 saturated heterocycles. The topological polar surface area (TPSA) is 42.0 Å². The molecule has 0 unspecified atom stereocenters. The second-order valence-corrected chi connectivity index (χ2v) is 4.84. The molecule has 0 spiro atoms. The minimum Gasteiger partial charge on any atom is -0.325 e. The molecule has 3 nitrogen and oxygen atoms in total. The Labute approximate surface area is 124 Å². The number of carbonyl (C=O) groups excluding carboxylic acids is 1. The highest BCUT2D eigenvalue weighted by molar-refractivity contribution is 5.93. The Morgan fingerprint density at radius 3 is 2.62 bits per heavy atom. The van der Waals surface area contributed by atoms with Gasteiger partial charge in [-0.05, 0) is 42.2 Å². The lowest BCUT2D eigenvalue weighted by atomic mass is 10.0. The van der Waals surface area contributed by atoms with Gasteiger partial charge in [0.15, 0.2) is 0 Å². The maximum absolute atomic E-state index is 12.8. The van der Waals surface area contributed by atoms with Crippen LogP contribution in [0, 0.1) is 5.82 Å². The maximum atomic E-state index is 12.8. The highest BCUT2D eigenvalue weighted by Gasteiger charge is 2.10. The Kier molecular flexibility index (Phi) is 5.04. The van der Waals surface area contributed by atoms with Crippen molar-refractivity contribution in [1.82, 2.24) is 4.98 Å². The van der Waals surface area contributed by atoms with Crippen molar-refractivity contribution in [3.05, 3.63) is 59.2 Å². The average Bonchev–Trinajstić information content (AvgIpc) is 2.49. The summed E-state index contributed by atoms with van der Waals surface area (Å²) in [6, 6.07) is 8.77. The monoisotopic (exact) mass is 286 g/mol. The molecule has 0 aliphatic rings. The summed E-state index contributed by atoms with van der Waals surface area (Å²) in [6.07, 6.45) is 3.07. The summed E-state index contributed by atoms with van der Waals surface area (Å²) < 4.78 is 12.8. The number of nitrogens with one attached hydrogen (secondary N) is 1. The first-order valence-electron chi connectivity index (χ1n) is 7.15. The molecule has 2 rings (SSSR count). The zero-order valence-corrected chi connectivity index (χ0v) is 12.3. The molecule has 4 heteroatoms. The molecule has 0 bridgehead atoms. The van der Waals surface area contributed by atoms with Gasteiger partial charge < -0.3 is 5.32 Å². The predicted octanol–water partition coefficient (Wildman–Crippen LogP) is 3.53. The number of aryl methyl sites for hydroxylation is 1. The highest BCUT2D eigenvalue weighted by atomic mass is 19.1. The van der Waals surface area contributed by atoms with Gasteiger partial charge in [-0.3, -0.25) is 9.78 Å². The number of pyridine rings is 1. The Balaban J connectivity index is 2.11. The molecule has 1 N–H and O–H groups in total. The Morgan fingerprint density at radius 1 is 1.19 bits per heavy atom. The fourth-order valence-corrected chi connectivity index (χ4v) is 2.37. The Hall–Kier alpha value is -2.23. The van der Waals surface area contributed by atoms with Gasteiger partial charge in [0.2, 0.25) is 5.91 Å². The van der Waals surface area contributed by atoms with E-state index in [-0.39, 0.29) is 12.3 Å². The molecule has 0 fully saturated rings. The zero-order valence-electron chi connectivity index (χ0n) is 12.3. The molecule has 1 amide bonds. The number of halogens is 1. The number of benzene rings is 1. The van der Waals surface area contributed by atoms with Crippen LogP contribution in [0.4, 0.5) is 10.1 Å². The molecule has 1 heterocycles. The molecule has 0 radical (unpaired) electrons. The summed E-state index contributed by atoms with van der Waals surface area (Å²) in [5.41, 5.74) is 3.82. The predicted molar refractivity (Wildman–Crippen MR) is 81.7 cm³/mol. The van der Waals surface area contributed by atoms with Crippen molar-refractivity contribution in [3.8, 4) is 0 Å². The van der Waals surface area contributed by atoms with E-state index in [0.29, 0.717) is 5.69 Å². The standard InChI is InChI=1S/C17H19FN2O/c1-3-12-6-5-7-16(15(12)4-2)20-17(21)10-14-9-8-13(18)11-19-14/h5-9,11H,3-4,10H2,1-2H3,(H,20,21). The van der Waals surface area contributed by atoms with Gasteiger partial charge in [0, 0.05) is 11.4 Å². The van der Waals surface area contributed by atoms with Gasteiger partial charge in [0.25, 0.3) is 0 Å². The molecule has 0 saturated carbocycles. The smallest absolute Gasteiger partial charge is 0.230 e. The molecule has 1 aromatic heterocycles. The number of hydrogen-bond acceptors (Lipinski definition) is 2. The molecular formula is C17H19FN2O. The van der Waals surface area contributed by atoms with Crippen LogP contribution in [0.15, 0.2) is 36.5 Å². The van der Waals surface area contributed by atoms with Crippen molar-refractivity contribution in [2.45, 2.75) is 33.1 Å². The molecule has 110 valence electrons. The van der Waals surface area contributed by atoms with E-state index in [1.165, 1.54) is 23.3 Å². The summed E-state index contributed by atoms with van der Waals surface area (Å²) >= 11 is 0. The number of anilines is 1. The number of carbonyl (C=O) groups is 1. The summed E-state index contributed by atoms with van der Waals surface area (Å²) in [5, 5.41) is 2.93. The summed E-state index contributed by atoms with van der Waals surface area (Å²) in [6.45, 7) is 4.17. The second kappa shape index (κ2) is 6.97. The third-order valence-corrected chi connectivity index (χ3v) is 3.41. The van der Waals surface area contributed by atoms with Crippen LogP contribution in [0.2, 0.25) is 0 Å². The van der Waals surface area contributed by atoms with Crippen LogP contribution in [-0.2, 0) is 24.1 Å². The van der Waals surface area contributed by atoms with Crippen molar-refractivity contribution in [2.75, 3.05) is 5.32 Å². The van der Waals surface area contributed by atoms with Gasteiger partial charge in [-0.2, -0.15) is 0 Å². The molecule has 0 atom stereocenters. The number of aromatic nitrogens is 1. The minimum absolute atomic E-state index is 0.139. The lowest BCUT2D eigenvalue weighted by Crippen LogP contribution is -2.16. The summed E-state index contributed by atoms with van der Waals surface area (Å²) in [4.78, 5) is 16.0. The number of amides is 1. The van der Waals surface area contributed by atoms with E-state index in [9.17, 15) is 9.18 Å². The number of nitrogens with zero attached hydrogens (tertiary/aromatic N) is 1. The van der Waals surface area contributed by atoms with Gasteiger partial charge in [0.05, 0.1) is 12.6 Å². The minimum atomic E-state index is -0.400. The van der Waals surface area contributed by atoms with Crippen molar-refractivity contribution in [3.63, 3.8) is 0 Å². The lowest BCUT2D eigenvalue weighted by Gasteiger charge is -2.13. The van der Waals surface area contributed by atoms with Gasteiger partial charge in [-0.25, -0.2) is 4.39 Å². The van der Waals surface area contributed by atoms with Crippen molar-refractivity contribution < 1.29 is 9.18 Å². The Morgan fingerprint density at radius 2 is 2.00 bits per heavy atom. The van der Waals surface area contributed by atoms with Gasteiger partial charge in [-0.1, -0.05) is 26.0 Å². The first-order valence-corrected chi connectivity index (χ1v) is 7.15. The lowest BCUT2D eigenvalue weighted by molar-refractivity contribution is -0.115. The molecule has 21 heavy (non-hydrogen) atoms. The zero-order chi connectivity index (χ0) is 15.2. The third kappa shape index (κ3) is 3.88. The second-order valence-electron chi connectivity index (χ2n) is 4.84. The maximum Gasteiger partial charge on any atom is 0.230 e.